The Morgan fingerprint density at radius 3 is 2.38 bits per heavy atom. The van der Waals surface area contributed by atoms with Crippen LogP contribution in [0.5, 0.6) is 0 Å². The number of carbonyl (C=O) groups excluding carboxylic acids is 1. The molecule has 5 heteroatoms. The summed E-state index contributed by atoms with van der Waals surface area (Å²) in [6.07, 6.45) is 0. The van der Waals surface area contributed by atoms with E-state index in [-0.39, 0.29) is 5.91 Å². The first kappa shape index (κ1) is 19.5. The van der Waals surface area contributed by atoms with Gasteiger partial charge in [0, 0.05) is 45.0 Å². The van der Waals surface area contributed by atoms with Gasteiger partial charge >= 0.3 is 0 Å². The van der Waals surface area contributed by atoms with Crippen LogP contribution < -0.4 is 4.90 Å². The second-order valence-corrected chi connectivity index (χ2v) is 6.79. The van der Waals surface area contributed by atoms with Crippen LogP contribution in [0.2, 0.25) is 0 Å². The van der Waals surface area contributed by atoms with Crippen molar-refractivity contribution in [2.24, 2.45) is 0 Å². The van der Waals surface area contributed by atoms with Crippen molar-refractivity contribution in [3.8, 4) is 6.07 Å². The topological polar surface area (TPSA) is 50.6 Å². The molecule has 0 aliphatic carbocycles. The zero-order valence-electron chi connectivity index (χ0n) is 15.9. The van der Waals surface area contributed by atoms with E-state index in [4.69, 9.17) is 5.26 Å². The number of carbonyl (C=O) groups is 1. The maximum absolute atomic E-state index is 13.1. The highest BCUT2D eigenvalue weighted by atomic mass is 16.2. The Morgan fingerprint density at radius 2 is 1.73 bits per heavy atom. The Kier molecular flexibility index (Phi) is 6.76. The summed E-state index contributed by atoms with van der Waals surface area (Å²) in [7, 11) is 7.90. The van der Waals surface area contributed by atoms with Gasteiger partial charge in [-0.25, -0.2) is 0 Å². The van der Waals surface area contributed by atoms with E-state index in [1.165, 1.54) is 0 Å². The van der Waals surface area contributed by atoms with Crippen LogP contribution in [0.4, 0.5) is 5.69 Å². The SMILES string of the molecule is CN(C)CCN(Cc1cccc(C#N)c1)C(=O)c1cccc(N(C)C)c1. The van der Waals surface area contributed by atoms with Gasteiger partial charge in [-0.2, -0.15) is 5.26 Å². The number of nitriles is 1. The molecule has 0 aliphatic heterocycles. The van der Waals surface area contributed by atoms with E-state index in [0.717, 1.165) is 17.8 Å². The minimum atomic E-state index is -0.00193. The second kappa shape index (κ2) is 9.02. The molecular formula is C21H26N4O. The number of amides is 1. The minimum Gasteiger partial charge on any atom is -0.378 e. The number of rotatable bonds is 7. The molecule has 0 fully saturated rings. The molecule has 1 amide bonds. The van der Waals surface area contributed by atoms with Gasteiger partial charge in [0.15, 0.2) is 0 Å². The average Bonchev–Trinajstić information content (AvgIpc) is 2.64. The largest absolute Gasteiger partial charge is 0.378 e. The third-order valence-corrected chi connectivity index (χ3v) is 4.14. The standard InChI is InChI=1S/C21H26N4O/c1-23(2)11-12-25(16-18-8-5-7-17(13-18)15-22)21(26)19-9-6-10-20(14-19)24(3)4/h5-10,13-14H,11-12,16H2,1-4H3. The van der Waals surface area contributed by atoms with Gasteiger partial charge in [0.1, 0.15) is 0 Å². The molecule has 0 atom stereocenters. The molecule has 0 heterocycles. The molecule has 0 aliphatic rings. The molecule has 0 spiro atoms. The summed E-state index contributed by atoms with van der Waals surface area (Å²) < 4.78 is 0. The molecule has 0 saturated carbocycles. The van der Waals surface area contributed by atoms with Crippen molar-refractivity contribution in [2.45, 2.75) is 6.54 Å². The van der Waals surface area contributed by atoms with Gasteiger partial charge in [0.05, 0.1) is 11.6 Å². The van der Waals surface area contributed by atoms with Crippen LogP contribution in [-0.2, 0) is 6.54 Å². The quantitative estimate of drug-likeness (QED) is 0.770. The lowest BCUT2D eigenvalue weighted by atomic mass is 10.1. The highest BCUT2D eigenvalue weighted by molar-refractivity contribution is 5.95. The van der Waals surface area contributed by atoms with E-state index in [1.807, 2.05) is 80.5 Å². The summed E-state index contributed by atoms with van der Waals surface area (Å²) in [6, 6.07) is 17.2. The Morgan fingerprint density at radius 1 is 1.00 bits per heavy atom. The first-order chi connectivity index (χ1) is 12.4. The Labute approximate surface area is 156 Å². The zero-order valence-corrected chi connectivity index (χ0v) is 15.9. The number of benzene rings is 2. The van der Waals surface area contributed by atoms with E-state index in [9.17, 15) is 4.79 Å². The highest BCUT2D eigenvalue weighted by Gasteiger charge is 2.17. The maximum Gasteiger partial charge on any atom is 0.254 e. The van der Waals surface area contributed by atoms with Crippen LogP contribution in [0.15, 0.2) is 48.5 Å². The molecule has 2 aromatic rings. The van der Waals surface area contributed by atoms with E-state index in [1.54, 1.807) is 6.07 Å². The molecule has 0 unspecified atom stereocenters. The smallest absolute Gasteiger partial charge is 0.254 e. The molecule has 0 bridgehead atoms. The molecule has 0 radical (unpaired) electrons. The van der Waals surface area contributed by atoms with Crippen molar-refractivity contribution in [2.75, 3.05) is 46.2 Å². The lowest BCUT2D eigenvalue weighted by molar-refractivity contribution is 0.0732. The van der Waals surface area contributed by atoms with Crippen LogP contribution >= 0.6 is 0 Å². The summed E-state index contributed by atoms with van der Waals surface area (Å²) in [5, 5.41) is 9.10. The second-order valence-electron chi connectivity index (χ2n) is 6.79. The maximum atomic E-state index is 13.1. The number of hydrogen-bond donors (Lipinski definition) is 0. The van der Waals surface area contributed by atoms with Gasteiger partial charge in [-0.15, -0.1) is 0 Å². The number of nitrogens with zero attached hydrogens (tertiary/aromatic N) is 4. The van der Waals surface area contributed by atoms with Crippen LogP contribution in [0.1, 0.15) is 21.5 Å². The predicted molar refractivity (Wildman–Crippen MR) is 105 cm³/mol. The highest BCUT2D eigenvalue weighted by Crippen LogP contribution is 2.17. The van der Waals surface area contributed by atoms with Crippen molar-refractivity contribution in [1.29, 1.82) is 5.26 Å². The van der Waals surface area contributed by atoms with Gasteiger partial charge in [-0.05, 0) is 50.0 Å². The molecule has 0 saturated heterocycles. The minimum absolute atomic E-state index is 0.00193. The summed E-state index contributed by atoms with van der Waals surface area (Å²) in [4.78, 5) is 19.0. The summed E-state index contributed by atoms with van der Waals surface area (Å²) in [6.45, 7) is 1.88. The fourth-order valence-corrected chi connectivity index (χ4v) is 2.63. The Hall–Kier alpha value is -2.84. The predicted octanol–water partition coefficient (Wildman–Crippen LogP) is 2.83. The number of likely N-dealkylation sites (N-methyl/N-ethyl adjacent to an activating group) is 1. The van der Waals surface area contributed by atoms with E-state index >= 15 is 0 Å². The first-order valence-corrected chi connectivity index (χ1v) is 8.61. The molecule has 2 aromatic carbocycles. The molecule has 26 heavy (non-hydrogen) atoms. The van der Waals surface area contributed by atoms with Crippen LogP contribution in [-0.4, -0.2) is 57.0 Å². The van der Waals surface area contributed by atoms with E-state index < -0.39 is 0 Å². The fraction of sp³-hybridized carbons (Fsp3) is 0.333. The van der Waals surface area contributed by atoms with Gasteiger partial charge in [0.2, 0.25) is 0 Å². The summed E-state index contributed by atoms with van der Waals surface area (Å²) >= 11 is 0. The summed E-state index contributed by atoms with van der Waals surface area (Å²) in [5.74, 6) is -0.00193. The van der Waals surface area contributed by atoms with Gasteiger partial charge in [-0.3, -0.25) is 4.79 Å². The van der Waals surface area contributed by atoms with Crippen molar-refractivity contribution < 1.29 is 4.79 Å². The molecule has 5 nitrogen and oxygen atoms in total. The Bertz CT molecular complexity index is 793. The normalized spacial score (nSPS) is 10.5. The number of anilines is 1. The van der Waals surface area contributed by atoms with Crippen molar-refractivity contribution in [3.63, 3.8) is 0 Å². The molecule has 136 valence electrons. The van der Waals surface area contributed by atoms with Gasteiger partial charge < -0.3 is 14.7 Å². The average molecular weight is 350 g/mol. The van der Waals surface area contributed by atoms with Crippen LogP contribution in [0, 0.1) is 11.3 Å². The van der Waals surface area contributed by atoms with Gasteiger partial charge in [-0.1, -0.05) is 18.2 Å². The third-order valence-electron chi connectivity index (χ3n) is 4.14. The van der Waals surface area contributed by atoms with Crippen molar-refractivity contribution in [1.82, 2.24) is 9.80 Å². The fourth-order valence-electron chi connectivity index (χ4n) is 2.63. The van der Waals surface area contributed by atoms with E-state index in [0.29, 0.717) is 24.2 Å². The van der Waals surface area contributed by atoms with Crippen LogP contribution in [0.3, 0.4) is 0 Å². The third kappa shape index (κ3) is 5.33. The monoisotopic (exact) mass is 350 g/mol. The molecule has 0 N–H and O–H groups in total. The Balaban J connectivity index is 2.26. The molecular weight excluding hydrogens is 324 g/mol. The van der Waals surface area contributed by atoms with Crippen molar-refractivity contribution >= 4 is 11.6 Å². The van der Waals surface area contributed by atoms with Gasteiger partial charge in [0.25, 0.3) is 5.91 Å². The lowest BCUT2D eigenvalue weighted by Gasteiger charge is -2.25. The summed E-state index contributed by atoms with van der Waals surface area (Å²) in [5.41, 5.74) is 3.23. The lowest BCUT2D eigenvalue weighted by Crippen LogP contribution is -2.36. The number of hydrogen-bond acceptors (Lipinski definition) is 4. The van der Waals surface area contributed by atoms with E-state index in [2.05, 4.69) is 11.0 Å². The van der Waals surface area contributed by atoms with Crippen LogP contribution in [0.25, 0.3) is 0 Å². The van der Waals surface area contributed by atoms with Crippen molar-refractivity contribution in [3.05, 3.63) is 65.2 Å². The zero-order chi connectivity index (χ0) is 19.1. The molecule has 0 aromatic heterocycles. The molecule has 2 rings (SSSR count). The first-order valence-electron chi connectivity index (χ1n) is 8.61.